The van der Waals surface area contributed by atoms with E-state index < -0.39 is 5.97 Å². The molecule has 0 bridgehead atoms. The van der Waals surface area contributed by atoms with Gasteiger partial charge in [0.25, 0.3) is 0 Å². The molecule has 1 saturated heterocycles. The van der Waals surface area contributed by atoms with E-state index in [4.69, 9.17) is 9.84 Å². The molecule has 1 unspecified atom stereocenters. The number of carboxylic acid groups (broad SMARTS) is 1. The molecule has 2 heterocycles. The van der Waals surface area contributed by atoms with Crippen molar-refractivity contribution >= 4 is 12.0 Å². The van der Waals surface area contributed by atoms with E-state index in [2.05, 4.69) is 5.32 Å². The molecule has 112 valence electrons. The van der Waals surface area contributed by atoms with Crippen molar-refractivity contribution in [2.45, 2.75) is 18.9 Å². The zero-order valence-electron chi connectivity index (χ0n) is 11.6. The first-order valence-electron chi connectivity index (χ1n) is 7.12. The number of hydrogen-bond donors (Lipinski definition) is 2. The van der Waals surface area contributed by atoms with Gasteiger partial charge in [-0.05, 0) is 6.07 Å². The minimum Gasteiger partial charge on any atom is -0.493 e. The van der Waals surface area contributed by atoms with Gasteiger partial charge in [-0.2, -0.15) is 0 Å². The molecule has 21 heavy (non-hydrogen) atoms. The molecular weight excluding hydrogens is 272 g/mol. The van der Waals surface area contributed by atoms with Crippen molar-refractivity contribution in [3.05, 3.63) is 29.8 Å². The fraction of sp³-hybridized carbons (Fsp3) is 0.467. The smallest absolute Gasteiger partial charge is 0.317 e. The van der Waals surface area contributed by atoms with Crippen LogP contribution in [0.3, 0.4) is 0 Å². The molecule has 1 aromatic rings. The van der Waals surface area contributed by atoms with Crippen molar-refractivity contribution in [2.75, 3.05) is 19.7 Å². The number of amides is 2. The summed E-state index contributed by atoms with van der Waals surface area (Å²) < 4.78 is 5.57. The van der Waals surface area contributed by atoms with Gasteiger partial charge in [0.1, 0.15) is 5.75 Å². The first-order chi connectivity index (χ1) is 10.1. The van der Waals surface area contributed by atoms with Crippen LogP contribution in [0.25, 0.3) is 0 Å². The predicted octanol–water partition coefficient (Wildman–Crippen LogP) is 1.63. The van der Waals surface area contributed by atoms with Gasteiger partial charge in [-0.15, -0.1) is 0 Å². The van der Waals surface area contributed by atoms with E-state index in [1.807, 2.05) is 24.3 Å². The third-order valence-electron chi connectivity index (χ3n) is 3.96. The van der Waals surface area contributed by atoms with Crippen LogP contribution in [0, 0.1) is 5.92 Å². The summed E-state index contributed by atoms with van der Waals surface area (Å²) in [5.41, 5.74) is 1.000. The van der Waals surface area contributed by atoms with E-state index in [1.54, 1.807) is 4.90 Å². The van der Waals surface area contributed by atoms with Crippen LogP contribution in [0.1, 0.15) is 24.4 Å². The van der Waals surface area contributed by atoms with E-state index >= 15 is 0 Å². The molecule has 2 aliphatic heterocycles. The second-order valence-electron chi connectivity index (χ2n) is 5.55. The van der Waals surface area contributed by atoms with Gasteiger partial charge in [0.05, 0.1) is 19.1 Å². The van der Waals surface area contributed by atoms with Crippen molar-refractivity contribution in [3.63, 3.8) is 0 Å². The molecule has 2 N–H and O–H groups in total. The minimum atomic E-state index is -0.807. The summed E-state index contributed by atoms with van der Waals surface area (Å²) in [6.45, 7) is 1.62. The lowest BCUT2D eigenvalue weighted by molar-refractivity contribution is -0.139. The second-order valence-corrected chi connectivity index (χ2v) is 5.55. The maximum atomic E-state index is 12.2. The van der Waals surface area contributed by atoms with Gasteiger partial charge < -0.3 is 20.1 Å². The third-order valence-corrected chi connectivity index (χ3v) is 3.96. The molecule has 3 rings (SSSR count). The number of para-hydroxylation sites is 1. The third kappa shape index (κ3) is 2.94. The molecule has 0 saturated carbocycles. The Hall–Kier alpha value is -2.24. The Morgan fingerprint density at radius 2 is 2.10 bits per heavy atom. The number of rotatable bonds is 3. The molecule has 6 nitrogen and oxygen atoms in total. The molecule has 0 spiro atoms. The number of hydrogen-bond acceptors (Lipinski definition) is 3. The van der Waals surface area contributed by atoms with Gasteiger partial charge in [-0.25, -0.2) is 4.79 Å². The quantitative estimate of drug-likeness (QED) is 0.886. The lowest BCUT2D eigenvalue weighted by Crippen LogP contribution is -2.54. The number of carbonyl (C=O) groups is 2. The number of carboxylic acids is 1. The number of ether oxygens (including phenoxy) is 1. The molecule has 1 fully saturated rings. The lowest BCUT2D eigenvalue weighted by Gasteiger charge is -2.39. The van der Waals surface area contributed by atoms with Crippen LogP contribution in [0.5, 0.6) is 5.75 Å². The number of carbonyl (C=O) groups excluding carboxylic acids is 1. The zero-order chi connectivity index (χ0) is 14.8. The highest BCUT2D eigenvalue weighted by Gasteiger charge is 2.33. The van der Waals surface area contributed by atoms with Gasteiger partial charge in [0, 0.05) is 31.0 Å². The Morgan fingerprint density at radius 1 is 1.33 bits per heavy atom. The maximum absolute atomic E-state index is 12.2. The average Bonchev–Trinajstić information content (AvgIpc) is 2.42. The van der Waals surface area contributed by atoms with E-state index in [0.29, 0.717) is 19.7 Å². The van der Waals surface area contributed by atoms with Crippen molar-refractivity contribution < 1.29 is 19.4 Å². The number of urea groups is 1. The number of aliphatic carboxylic acids is 1. The number of benzene rings is 1. The predicted molar refractivity (Wildman–Crippen MR) is 75.1 cm³/mol. The Bertz CT molecular complexity index is 554. The van der Waals surface area contributed by atoms with Gasteiger partial charge in [0.15, 0.2) is 0 Å². The molecular formula is C15H18N2O4. The lowest BCUT2D eigenvalue weighted by atomic mass is 9.96. The highest BCUT2D eigenvalue weighted by molar-refractivity contribution is 5.76. The van der Waals surface area contributed by atoms with Crippen LogP contribution in [-0.4, -0.2) is 41.7 Å². The number of nitrogens with zero attached hydrogens (tertiary/aromatic N) is 1. The SMILES string of the molecule is O=C(O)CC1CN(C(=O)NC2CCOc3ccccc32)C1. The summed E-state index contributed by atoms with van der Waals surface area (Å²) in [6.07, 6.45) is 0.874. The summed E-state index contributed by atoms with van der Waals surface area (Å²) in [5.74, 6) is 0.0926. The van der Waals surface area contributed by atoms with Crippen molar-refractivity contribution in [2.24, 2.45) is 5.92 Å². The van der Waals surface area contributed by atoms with Gasteiger partial charge in [-0.1, -0.05) is 18.2 Å². The van der Waals surface area contributed by atoms with Crippen molar-refractivity contribution in [1.29, 1.82) is 0 Å². The fourth-order valence-electron chi connectivity index (χ4n) is 2.84. The first kappa shape index (κ1) is 13.7. The molecule has 2 aliphatic rings. The van der Waals surface area contributed by atoms with Crippen molar-refractivity contribution in [1.82, 2.24) is 10.2 Å². The zero-order valence-corrected chi connectivity index (χ0v) is 11.6. The Labute approximate surface area is 122 Å². The molecule has 0 aliphatic carbocycles. The van der Waals surface area contributed by atoms with Crippen LogP contribution >= 0.6 is 0 Å². The van der Waals surface area contributed by atoms with Crippen LogP contribution in [0.2, 0.25) is 0 Å². The average molecular weight is 290 g/mol. The van der Waals surface area contributed by atoms with Gasteiger partial charge >= 0.3 is 12.0 Å². The van der Waals surface area contributed by atoms with Crippen LogP contribution in [-0.2, 0) is 4.79 Å². The normalized spacial score (nSPS) is 21.0. The molecule has 1 aromatic carbocycles. The van der Waals surface area contributed by atoms with E-state index in [-0.39, 0.29) is 24.4 Å². The monoisotopic (exact) mass is 290 g/mol. The highest BCUT2D eigenvalue weighted by atomic mass is 16.5. The summed E-state index contributed by atoms with van der Waals surface area (Å²) in [6, 6.07) is 7.54. The largest absolute Gasteiger partial charge is 0.493 e. The molecule has 0 aromatic heterocycles. The van der Waals surface area contributed by atoms with E-state index in [9.17, 15) is 9.59 Å². The highest BCUT2D eigenvalue weighted by Crippen LogP contribution is 2.32. The summed E-state index contributed by atoms with van der Waals surface area (Å²) in [5, 5.41) is 11.7. The number of fused-ring (bicyclic) bond motifs is 1. The summed E-state index contributed by atoms with van der Waals surface area (Å²) in [7, 11) is 0. The van der Waals surface area contributed by atoms with Crippen LogP contribution in [0.4, 0.5) is 4.79 Å². The van der Waals surface area contributed by atoms with Crippen LogP contribution < -0.4 is 10.1 Å². The second kappa shape index (κ2) is 5.63. The van der Waals surface area contributed by atoms with Gasteiger partial charge in [-0.3, -0.25) is 4.79 Å². The van der Waals surface area contributed by atoms with Crippen LogP contribution in [0.15, 0.2) is 24.3 Å². The summed E-state index contributed by atoms with van der Waals surface area (Å²) in [4.78, 5) is 24.4. The standard InChI is InChI=1S/C15H18N2O4/c18-14(19)7-10-8-17(9-10)15(20)16-12-5-6-21-13-4-2-1-3-11(12)13/h1-4,10,12H,5-9H2,(H,16,20)(H,18,19). The Morgan fingerprint density at radius 3 is 2.86 bits per heavy atom. The number of likely N-dealkylation sites (tertiary alicyclic amines) is 1. The Balaban J connectivity index is 1.56. The van der Waals surface area contributed by atoms with Gasteiger partial charge in [0.2, 0.25) is 0 Å². The molecule has 2 amide bonds. The molecule has 6 heteroatoms. The van der Waals surface area contributed by atoms with Crippen molar-refractivity contribution in [3.8, 4) is 5.75 Å². The molecule has 0 radical (unpaired) electrons. The summed E-state index contributed by atoms with van der Waals surface area (Å²) >= 11 is 0. The van der Waals surface area contributed by atoms with E-state index in [1.165, 1.54) is 0 Å². The fourth-order valence-corrected chi connectivity index (χ4v) is 2.84. The minimum absolute atomic E-state index is 0.0408. The Kier molecular flexibility index (Phi) is 3.68. The topological polar surface area (TPSA) is 78.9 Å². The number of nitrogens with one attached hydrogen (secondary N) is 1. The van der Waals surface area contributed by atoms with E-state index in [0.717, 1.165) is 17.7 Å². The molecule has 1 atom stereocenters. The maximum Gasteiger partial charge on any atom is 0.317 e. The first-order valence-corrected chi connectivity index (χ1v) is 7.12.